The highest BCUT2D eigenvalue weighted by molar-refractivity contribution is 14.0. The Labute approximate surface area is 204 Å². The van der Waals surface area contributed by atoms with E-state index in [1.165, 1.54) is 11.1 Å². The van der Waals surface area contributed by atoms with Crippen LogP contribution in [0.4, 0.5) is 0 Å². The fourth-order valence-corrected chi connectivity index (χ4v) is 4.63. The van der Waals surface area contributed by atoms with Crippen LogP contribution in [0.3, 0.4) is 0 Å². The lowest BCUT2D eigenvalue weighted by Gasteiger charge is -2.37. The summed E-state index contributed by atoms with van der Waals surface area (Å²) in [6.45, 7) is 12.9. The molecule has 2 aliphatic heterocycles. The number of nitrogens with one attached hydrogen (secondary N) is 2. The Bertz CT molecular complexity index is 747. The number of guanidine groups is 1. The third kappa shape index (κ3) is 6.57. The topological polar surface area (TPSA) is 66.0 Å². The molecule has 2 aliphatic rings. The molecule has 0 saturated carbocycles. The number of halogens is 1. The number of amides is 1. The van der Waals surface area contributed by atoms with Gasteiger partial charge in [-0.15, -0.1) is 24.0 Å². The van der Waals surface area contributed by atoms with Crippen LogP contribution in [0.25, 0.3) is 0 Å². The number of hydrogen-bond acceptors (Lipinski definition) is 3. The molecule has 3 rings (SSSR count). The first-order chi connectivity index (χ1) is 14.4. The van der Waals surface area contributed by atoms with E-state index < -0.39 is 0 Å². The first-order valence-electron chi connectivity index (χ1n) is 11.4. The molecule has 1 atom stereocenters. The van der Waals surface area contributed by atoms with E-state index >= 15 is 0 Å². The van der Waals surface area contributed by atoms with Crippen LogP contribution in [-0.2, 0) is 14.9 Å². The van der Waals surface area contributed by atoms with Crippen LogP contribution in [0.15, 0.2) is 29.3 Å². The normalized spacial score (nSPS) is 21.0. The monoisotopic (exact) mass is 542 g/mol. The van der Waals surface area contributed by atoms with Crippen molar-refractivity contribution < 1.29 is 9.53 Å². The average Bonchev–Trinajstić information content (AvgIpc) is 3.21. The lowest BCUT2D eigenvalue weighted by atomic mass is 9.72. The Kier molecular flexibility index (Phi) is 10.1. The van der Waals surface area contributed by atoms with Crippen molar-refractivity contribution in [3.8, 4) is 0 Å². The van der Waals surface area contributed by atoms with Gasteiger partial charge < -0.3 is 20.3 Å². The van der Waals surface area contributed by atoms with E-state index in [1.54, 1.807) is 0 Å². The van der Waals surface area contributed by atoms with Crippen molar-refractivity contribution in [1.82, 2.24) is 15.5 Å². The van der Waals surface area contributed by atoms with Crippen molar-refractivity contribution in [2.24, 2.45) is 10.9 Å². The minimum Gasteiger partial charge on any atom is -0.381 e. The minimum absolute atomic E-state index is 0. The fourth-order valence-electron chi connectivity index (χ4n) is 4.63. The van der Waals surface area contributed by atoms with Gasteiger partial charge in [0.15, 0.2) is 5.96 Å². The van der Waals surface area contributed by atoms with Crippen molar-refractivity contribution in [1.29, 1.82) is 0 Å². The van der Waals surface area contributed by atoms with Crippen LogP contribution in [0, 0.1) is 12.8 Å². The highest BCUT2D eigenvalue weighted by atomic mass is 127. The summed E-state index contributed by atoms with van der Waals surface area (Å²) in [6.07, 6.45) is 2.93. The molecule has 1 amide bonds. The zero-order valence-electron chi connectivity index (χ0n) is 19.4. The molecule has 1 aromatic rings. The van der Waals surface area contributed by atoms with Gasteiger partial charge in [-0.3, -0.25) is 9.79 Å². The molecule has 0 radical (unpaired) electrons. The fraction of sp³-hybridized carbons (Fsp3) is 0.667. The number of aryl methyl sites for hydroxylation is 1. The van der Waals surface area contributed by atoms with E-state index in [1.807, 2.05) is 18.7 Å². The summed E-state index contributed by atoms with van der Waals surface area (Å²) < 4.78 is 5.68. The quantitative estimate of drug-likeness (QED) is 0.328. The van der Waals surface area contributed by atoms with Gasteiger partial charge in [0.05, 0.1) is 6.54 Å². The van der Waals surface area contributed by atoms with E-state index in [0.29, 0.717) is 0 Å². The molecule has 6 nitrogen and oxygen atoms in total. The maximum Gasteiger partial charge on any atom is 0.225 e. The number of likely N-dealkylation sites (tertiary alicyclic amines) is 1. The minimum atomic E-state index is 0. The van der Waals surface area contributed by atoms with Crippen molar-refractivity contribution in [3.05, 3.63) is 35.4 Å². The molecule has 2 heterocycles. The highest BCUT2D eigenvalue weighted by Crippen LogP contribution is 2.37. The van der Waals surface area contributed by atoms with Gasteiger partial charge in [0.25, 0.3) is 0 Å². The summed E-state index contributed by atoms with van der Waals surface area (Å²) in [7, 11) is 0. The summed E-state index contributed by atoms with van der Waals surface area (Å²) in [4.78, 5) is 19.3. The molecule has 0 bridgehead atoms. The second kappa shape index (κ2) is 12.0. The second-order valence-electron chi connectivity index (χ2n) is 8.97. The van der Waals surface area contributed by atoms with Crippen LogP contribution in [0.1, 0.15) is 51.2 Å². The van der Waals surface area contributed by atoms with Crippen molar-refractivity contribution >= 4 is 35.8 Å². The van der Waals surface area contributed by atoms with Crippen LogP contribution < -0.4 is 10.6 Å². The molecule has 0 aromatic heterocycles. The number of ether oxygens (including phenoxy) is 1. The number of carbonyl (C=O) groups excluding carboxylic acids is 1. The molecule has 0 spiro atoms. The van der Waals surface area contributed by atoms with Gasteiger partial charge in [0.2, 0.25) is 5.91 Å². The van der Waals surface area contributed by atoms with E-state index in [0.717, 1.165) is 64.6 Å². The number of carbonyl (C=O) groups is 1. The molecule has 174 valence electrons. The second-order valence-corrected chi connectivity index (χ2v) is 8.97. The van der Waals surface area contributed by atoms with Gasteiger partial charge in [-0.25, -0.2) is 0 Å². The van der Waals surface area contributed by atoms with Gasteiger partial charge in [-0.2, -0.15) is 0 Å². The molecule has 2 saturated heterocycles. The van der Waals surface area contributed by atoms with E-state index in [9.17, 15) is 4.79 Å². The standard InChI is InChI=1S/C24H38N4O2.HI/c1-5-25-23(27-20-10-13-28(16-20)22(29)18(2)3)26-17-24(11-14-30-15-12-24)21-9-7-6-8-19(21)4;/h6-9,18,20H,5,10-17H2,1-4H3,(H2,25,26,27);1H. The Morgan fingerprint density at radius 2 is 2.00 bits per heavy atom. The number of rotatable bonds is 6. The van der Waals surface area contributed by atoms with Crippen molar-refractivity contribution in [2.75, 3.05) is 39.4 Å². The van der Waals surface area contributed by atoms with Gasteiger partial charge >= 0.3 is 0 Å². The molecule has 1 aromatic carbocycles. The lowest BCUT2D eigenvalue weighted by Crippen LogP contribution is -2.46. The van der Waals surface area contributed by atoms with Gasteiger partial charge in [-0.05, 0) is 44.2 Å². The Hall–Kier alpha value is -1.35. The predicted octanol–water partition coefficient (Wildman–Crippen LogP) is 3.47. The Morgan fingerprint density at radius 3 is 2.65 bits per heavy atom. The summed E-state index contributed by atoms with van der Waals surface area (Å²) in [5.41, 5.74) is 2.73. The molecule has 2 fully saturated rings. The van der Waals surface area contributed by atoms with E-state index in [2.05, 4.69) is 48.7 Å². The summed E-state index contributed by atoms with van der Waals surface area (Å²) in [5.74, 6) is 1.14. The zero-order chi connectivity index (χ0) is 21.6. The van der Waals surface area contributed by atoms with Crippen LogP contribution in [-0.4, -0.2) is 62.2 Å². The van der Waals surface area contributed by atoms with Gasteiger partial charge in [0.1, 0.15) is 0 Å². The molecule has 0 aliphatic carbocycles. The maximum absolute atomic E-state index is 12.3. The van der Waals surface area contributed by atoms with Crippen LogP contribution in [0.2, 0.25) is 0 Å². The van der Waals surface area contributed by atoms with E-state index in [4.69, 9.17) is 9.73 Å². The van der Waals surface area contributed by atoms with Crippen LogP contribution in [0.5, 0.6) is 0 Å². The maximum atomic E-state index is 12.3. The molecular formula is C24H39IN4O2. The summed E-state index contributed by atoms with van der Waals surface area (Å²) >= 11 is 0. The van der Waals surface area contributed by atoms with Crippen LogP contribution >= 0.6 is 24.0 Å². The molecule has 2 N–H and O–H groups in total. The van der Waals surface area contributed by atoms with Gasteiger partial charge in [-0.1, -0.05) is 38.1 Å². The summed E-state index contributed by atoms with van der Waals surface area (Å²) in [5, 5.41) is 6.98. The molecule has 1 unspecified atom stereocenters. The molecular weight excluding hydrogens is 503 g/mol. The zero-order valence-corrected chi connectivity index (χ0v) is 21.8. The summed E-state index contributed by atoms with van der Waals surface area (Å²) in [6, 6.07) is 8.92. The third-order valence-electron chi connectivity index (χ3n) is 6.39. The SMILES string of the molecule is CCNC(=NCC1(c2ccccc2C)CCOCC1)NC1CCN(C(=O)C(C)C)C1.I. The first kappa shape index (κ1) is 25.9. The average molecular weight is 543 g/mol. The third-order valence-corrected chi connectivity index (χ3v) is 6.39. The first-order valence-corrected chi connectivity index (χ1v) is 11.4. The predicted molar refractivity (Wildman–Crippen MR) is 137 cm³/mol. The number of hydrogen-bond donors (Lipinski definition) is 2. The van der Waals surface area contributed by atoms with Gasteiger partial charge in [0, 0.05) is 50.2 Å². The molecule has 7 heteroatoms. The van der Waals surface area contributed by atoms with E-state index in [-0.39, 0.29) is 47.3 Å². The number of benzene rings is 1. The van der Waals surface area contributed by atoms with Crippen molar-refractivity contribution in [3.63, 3.8) is 0 Å². The highest BCUT2D eigenvalue weighted by Gasteiger charge is 2.36. The number of nitrogens with zero attached hydrogens (tertiary/aromatic N) is 2. The number of aliphatic imine (C=N–C) groups is 1. The largest absolute Gasteiger partial charge is 0.381 e. The Balaban J connectivity index is 0.00000341. The smallest absolute Gasteiger partial charge is 0.225 e. The lowest BCUT2D eigenvalue weighted by molar-refractivity contribution is -0.133. The molecule has 31 heavy (non-hydrogen) atoms. The Morgan fingerprint density at radius 1 is 1.29 bits per heavy atom. The van der Waals surface area contributed by atoms with Crippen molar-refractivity contribution in [2.45, 2.75) is 58.4 Å².